The molecule has 1 aromatic carbocycles. The van der Waals surface area contributed by atoms with Crippen LogP contribution in [-0.4, -0.2) is 28.2 Å². The third kappa shape index (κ3) is 2.77. The molecule has 0 unspecified atom stereocenters. The summed E-state index contributed by atoms with van der Waals surface area (Å²) in [6.45, 7) is 0. The van der Waals surface area contributed by atoms with Gasteiger partial charge < -0.3 is 9.15 Å². The molecule has 0 bridgehead atoms. The smallest absolute Gasteiger partial charge is 0.216 e. The Morgan fingerprint density at radius 1 is 1.33 bits per heavy atom. The lowest BCUT2D eigenvalue weighted by Gasteiger charge is -2.02. The minimum atomic E-state index is 0.406. The van der Waals surface area contributed by atoms with E-state index in [1.165, 1.54) is 0 Å². The van der Waals surface area contributed by atoms with Crippen molar-refractivity contribution in [2.75, 3.05) is 7.11 Å². The SMILES string of the molecule is COc1ccc(-c2n[nH]c(=S)n2N=Cc2ccco2)cc1. The molecule has 3 aromatic rings. The maximum atomic E-state index is 5.20. The number of nitrogens with one attached hydrogen (secondary N) is 1. The van der Waals surface area contributed by atoms with Crippen LogP contribution >= 0.6 is 12.2 Å². The number of furan rings is 1. The maximum absolute atomic E-state index is 5.20. The van der Waals surface area contributed by atoms with Gasteiger partial charge in [0.05, 0.1) is 19.6 Å². The highest BCUT2D eigenvalue weighted by Gasteiger charge is 2.08. The molecular formula is C14H12N4O2S. The number of H-pyrrole nitrogens is 1. The number of nitrogens with zero attached hydrogens (tertiary/aromatic N) is 3. The molecule has 0 aliphatic carbocycles. The number of hydrogen-bond donors (Lipinski definition) is 1. The van der Waals surface area contributed by atoms with Gasteiger partial charge in [-0.1, -0.05) is 0 Å². The average Bonchev–Trinajstić information content (AvgIpc) is 3.15. The van der Waals surface area contributed by atoms with Crippen molar-refractivity contribution in [2.24, 2.45) is 5.10 Å². The Bertz CT molecular complexity index is 800. The maximum Gasteiger partial charge on any atom is 0.216 e. The summed E-state index contributed by atoms with van der Waals surface area (Å²) in [5, 5.41) is 11.2. The highest BCUT2D eigenvalue weighted by atomic mass is 32.1. The summed E-state index contributed by atoms with van der Waals surface area (Å²) in [6, 6.07) is 11.1. The summed E-state index contributed by atoms with van der Waals surface area (Å²) < 4.78 is 12.3. The Hall–Kier alpha value is -2.67. The van der Waals surface area contributed by atoms with E-state index in [-0.39, 0.29) is 0 Å². The zero-order valence-corrected chi connectivity index (χ0v) is 12.0. The Morgan fingerprint density at radius 2 is 2.14 bits per heavy atom. The fourth-order valence-corrected chi connectivity index (χ4v) is 1.98. The van der Waals surface area contributed by atoms with Crippen molar-refractivity contribution in [3.63, 3.8) is 0 Å². The number of rotatable bonds is 4. The quantitative estimate of drug-likeness (QED) is 0.594. The van der Waals surface area contributed by atoms with Gasteiger partial charge in [-0.2, -0.15) is 14.9 Å². The molecule has 106 valence electrons. The van der Waals surface area contributed by atoms with Crippen molar-refractivity contribution in [3.05, 3.63) is 53.2 Å². The molecule has 0 fully saturated rings. The number of methoxy groups -OCH3 is 1. The lowest BCUT2D eigenvalue weighted by atomic mass is 10.2. The van der Waals surface area contributed by atoms with E-state index in [0.29, 0.717) is 16.4 Å². The highest BCUT2D eigenvalue weighted by molar-refractivity contribution is 7.71. The normalized spacial score (nSPS) is 11.1. The zero-order valence-electron chi connectivity index (χ0n) is 11.2. The second-order valence-corrected chi connectivity index (χ2v) is 4.54. The van der Waals surface area contributed by atoms with E-state index >= 15 is 0 Å². The first-order valence-corrected chi connectivity index (χ1v) is 6.58. The molecule has 0 radical (unpaired) electrons. The van der Waals surface area contributed by atoms with E-state index in [4.69, 9.17) is 21.4 Å². The molecule has 2 heterocycles. The van der Waals surface area contributed by atoms with Gasteiger partial charge in [0, 0.05) is 5.56 Å². The summed E-state index contributed by atoms with van der Waals surface area (Å²) in [6.07, 6.45) is 3.17. The van der Waals surface area contributed by atoms with E-state index < -0.39 is 0 Å². The summed E-state index contributed by atoms with van der Waals surface area (Å²) in [4.78, 5) is 0. The minimum absolute atomic E-state index is 0.406. The van der Waals surface area contributed by atoms with Crippen molar-refractivity contribution in [2.45, 2.75) is 0 Å². The van der Waals surface area contributed by atoms with Crippen molar-refractivity contribution in [3.8, 4) is 17.1 Å². The molecule has 1 N–H and O–H groups in total. The molecule has 0 atom stereocenters. The number of aromatic nitrogens is 3. The van der Waals surface area contributed by atoms with E-state index in [1.54, 1.807) is 36.4 Å². The summed E-state index contributed by atoms with van der Waals surface area (Å²) in [5.41, 5.74) is 0.875. The first-order chi connectivity index (χ1) is 10.3. The summed E-state index contributed by atoms with van der Waals surface area (Å²) in [7, 11) is 1.62. The van der Waals surface area contributed by atoms with Crippen LogP contribution in [0, 0.1) is 4.77 Å². The van der Waals surface area contributed by atoms with Crippen LogP contribution in [0.25, 0.3) is 11.4 Å². The molecule has 2 aromatic heterocycles. The van der Waals surface area contributed by atoms with Gasteiger partial charge in [0.25, 0.3) is 0 Å². The monoisotopic (exact) mass is 300 g/mol. The van der Waals surface area contributed by atoms with Crippen LogP contribution in [-0.2, 0) is 0 Å². The van der Waals surface area contributed by atoms with Gasteiger partial charge in [-0.05, 0) is 48.6 Å². The Kier molecular flexibility index (Phi) is 3.65. The molecule has 0 amide bonds. The van der Waals surface area contributed by atoms with Gasteiger partial charge >= 0.3 is 0 Å². The molecule has 7 heteroatoms. The third-order valence-electron chi connectivity index (χ3n) is 2.84. The molecule has 0 aliphatic rings. The fraction of sp³-hybridized carbons (Fsp3) is 0.0714. The molecular weight excluding hydrogens is 288 g/mol. The number of benzene rings is 1. The summed E-state index contributed by atoms with van der Waals surface area (Å²) >= 11 is 5.19. The molecule has 21 heavy (non-hydrogen) atoms. The van der Waals surface area contributed by atoms with Gasteiger partial charge in [-0.3, -0.25) is 0 Å². The summed E-state index contributed by atoms with van der Waals surface area (Å²) in [5.74, 6) is 2.03. The molecule has 0 spiro atoms. The lowest BCUT2D eigenvalue weighted by molar-refractivity contribution is 0.415. The van der Waals surface area contributed by atoms with Crippen molar-refractivity contribution >= 4 is 18.4 Å². The second-order valence-electron chi connectivity index (χ2n) is 4.15. The molecule has 0 saturated heterocycles. The van der Waals surface area contributed by atoms with Gasteiger partial charge in [0.2, 0.25) is 4.77 Å². The molecule has 0 saturated carbocycles. The Balaban J connectivity index is 1.98. The van der Waals surface area contributed by atoms with Gasteiger partial charge in [-0.25, -0.2) is 5.10 Å². The van der Waals surface area contributed by atoms with E-state index in [2.05, 4.69) is 15.3 Å². The molecule has 0 aliphatic heterocycles. The zero-order chi connectivity index (χ0) is 14.7. The van der Waals surface area contributed by atoms with Crippen LogP contribution in [0.2, 0.25) is 0 Å². The lowest BCUT2D eigenvalue weighted by Crippen LogP contribution is -1.94. The highest BCUT2D eigenvalue weighted by Crippen LogP contribution is 2.20. The fourth-order valence-electron chi connectivity index (χ4n) is 1.81. The topological polar surface area (TPSA) is 68.3 Å². The van der Waals surface area contributed by atoms with E-state index in [0.717, 1.165) is 11.3 Å². The third-order valence-corrected chi connectivity index (χ3v) is 3.11. The molecule has 3 rings (SSSR count). The molecule has 6 nitrogen and oxygen atoms in total. The second kappa shape index (κ2) is 5.76. The minimum Gasteiger partial charge on any atom is -0.497 e. The number of hydrogen-bond acceptors (Lipinski definition) is 5. The first-order valence-electron chi connectivity index (χ1n) is 6.17. The van der Waals surface area contributed by atoms with E-state index in [1.807, 2.05) is 24.3 Å². The van der Waals surface area contributed by atoms with Gasteiger partial charge in [-0.15, -0.1) is 0 Å². The van der Waals surface area contributed by atoms with Gasteiger partial charge in [0.15, 0.2) is 5.82 Å². The Labute approximate surface area is 125 Å². The largest absolute Gasteiger partial charge is 0.497 e. The van der Waals surface area contributed by atoms with Crippen LogP contribution in [0.1, 0.15) is 5.76 Å². The number of aromatic amines is 1. The van der Waals surface area contributed by atoms with Crippen molar-refractivity contribution < 1.29 is 9.15 Å². The standard InChI is InChI=1S/C14H12N4O2S/c1-19-11-6-4-10(5-7-11)13-16-17-14(21)18(13)15-9-12-3-2-8-20-12/h2-9H,1H3,(H,17,21). The van der Waals surface area contributed by atoms with E-state index in [9.17, 15) is 0 Å². The van der Waals surface area contributed by atoms with Crippen LogP contribution in [0.15, 0.2) is 52.2 Å². The van der Waals surface area contributed by atoms with Gasteiger partial charge in [0.1, 0.15) is 11.5 Å². The van der Waals surface area contributed by atoms with Crippen LogP contribution in [0.3, 0.4) is 0 Å². The Morgan fingerprint density at radius 3 is 2.81 bits per heavy atom. The predicted molar refractivity (Wildman–Crippen MR) is 81.1 cm³/mol. The van der Waals surface area contributed by atoms with Crippen LogP contribution in [0.4, 0.5) is 0 Å². The van der Waals surface area contributed by atoms with Crippen molar-refractivity contribution in [1.29, 1.82) is 0 Å². The predicted octanol–water partition coefficient (Wildman–Crippen LogP) is 3.09. The number of ether oxygens (including phenoxy) is 1. The van der Waals surface area contributed by atoms with Crippen LogP contribution < -0.4 is 4.74 Å². The first kappa shape index (κ1) is 13.3. The van der Waals surface area contributed by atoms with Crippen molar-refractivity contribution in [1.82, 2.24) is 14.9 Å². The van der Waals surface area contributed by atoms with Crippen LogP contribution in [0.5, 0.6) is 5.75 Å². The average molecular weight is 300 g/mol.